The molecule has 4 heteroatoms. The minimum atomic E-state index is -3.33. The van der Waals surface area contributed by atoms with Gasteiger partial charge in [0.15, 0.2) is 9.84 Å². The molecule has 0 amide bonds. The quantitative estimate of drug-likeness (QED) is 0.914. The molecular formula is C14H21NO2S. The predicted octanol–water partition coefficient (Wildman–Crippen LogP) is 2.29. The largest absolute Gasteiger partial charge is 0.302 e. The zero-order valence-electron chi connectivity index (χ0n) is 11.3. The summed E-state index contributed by atoms with van der Waals surface area (Å²) in [6.07, 6.45) is 4.44. The lowest BCUT2D eigenvalue weighted by molar-refractivity contribution is 0.510. The molecule has 0 heterocycles. The average Bonchev–Trinajstić information content (AvgIpc) is 2.37. The van der Waals surface area contributed by atoms with Crippen LogP contribution in [0, 0.1) is 0 Å². The Morgan fingerprint density at radius 1 is 1.11 bits per heavy atom. The number of hydrogen-bond donors (Lipinski definition) is 1. The van der Waals surface area contributed by atoms with Gasteiger partial charge in [-0.25, -0.2) is 8.42 Å². The Bertz CT molecular complexity index is 547. The van der Waals surface area contributed by atoms with Crippen molar-refractivity contribution in [1.29, 1.82) is 0 Å². The normalized spacial score (nSPS) is 16.4. The van der Waals surface area contributed by atoms with E-state index in [9.17, 15) is 8.42 Å². The molecule has 2 rings (SSSR count). The maximum atomic E-state index is 12.5. The van der Waals surface area contributed by atoms with Crippen LogP contribution in [0.25, 0.3) is 0 Å². The van der Waals surface area contributed by atoms with Crippen molar-refractivity contribution in [2.24, 2.45) is 0 Å². The number of rotatable bonds is 3. The van der Waals surface area contributed by atoms with E-state index in [0.29, 0.717) is 4.90 Å². The molecular weight excluding hydrogens is 246 g/mol. The first-order valence-electron chi connectivity index (χ1n) is 6.44. The van der Waals surface area contributed by atoms with Gasteiger partial charge in [0.25, 0.3) is 0 Å². The lowest BCUT2D eigenvalue weighted by atomic mass is 9.92. The Balaban J connectivity index is 2.46. The van der Waals surface area contributed by atoms with Crippen LogP contribution in [0.15, 0.2) is 23.1 Å². The highest BCUT2D eigenvalue weighted by molar-refractivity contribution is 7.92. The van der Waals surface area contributed by atoms with Crippen molar-refractivity contribution in [1.82, 2.24) is 5.32 Å². The summed E-state index contributed by atoms with van der Waals surface area (Å²) in [7, 11) is -1.66. The zero-order valence-corrected chi connectivity index (χ0v) is 12.1. The maximum Gasteiger partial charge on any atom is 0.196 e. The molecule has 0 saturated carbocycles. The van der Waals surface area contributed by atoms with Crippen LogP contribution in [0.2, 0.25) is 0 Å². The molecule has 1 N–H and O–H groups in total. The fourth-order valence-corrected chi connectivity index (χ4v) is 3.71. The second kappa shape index (κ2) is 4.67. The Morgan fingerprint density at radius 2 is 1.72 bits per heavy atom. The van der Waals surface area contributed by atoms with Gasteiger partial charge < -0.3 is 5.32 Å². The van der Waals surface area contributed by atoms with E-state index in [1.807, 2.05) is 12.1 Å². The van der Waals surface area contributed by atoms with Crippen molar-refractivity contribution < 1.29 is 8.42 Å². The number of sulfone groups is 1. The van der Waals surface area contributed by atoms with Crippen LogP contribution < -0.4 is 5.32 Å². The van der Waals surface area contributed by atoms with Gasteiger partial charge in [-0.2, -0.15) is 0 Å². The maximum absolute atomic E-state index is 12.5. The van der Waals surface area contributed by atoms with Gasteiger partial charge in [-0.3, -0.25) is 0 Å². The van der Waals surface area contributed by atoms with Crippen molar-refractivity contribution >= 4 is 9.84 Å². The summed E-state index contributed by atoms with van der Waals surface area (Å²) in [5.41, 5.74) is 2.51. The lowest BCUT2D eigenvalue weighted by Crippen LogP contribution is -2.44. The zero-order chi connectivity index (χ0) is 13.4. The monoisotopic (exact) mass is 267 g/mol. The summed E-state index contributed by atoms with van der Waals surface area (Å²) in [4.78, 5) is -0.502. The van der Waals surface area contributed by atoms with Gasteiger partial charge in [-0.15, -0.1) is 0 Å². The Kier molecular flexibility index (Phi) is 3.52. The van der Waals surface area contributed by atoms with E-state index in [-0.39, 0.29) is 0 Å². The van der Waals surface area contributed by atoms with Crippen molar-refractivity contribution in [2.75, 3.05) is 7.05 Å². The molecule has 0 bridgehead atoms. The minimum absolute atomic E-state index is 0.433. The molecule has 0 saturated heterocycles. The van der Waals surface area contributed by atoms with Crippen LogP contribution >= 0.6 is 0 Å². The number of aryl methyl sites for hydroxylation is 2. The summed E-state index contributed by atoms with van der Waals surface area (Å²) in [6, 6.07) is 5.59. The Morgan fingerprint density at radius 3 is 2.33 bits per heavy atom. The predicted molar refractivity (Wildman–Crippen MR) is 73.4 cm³/mol. The molecule has 0 fully saturated rings. The van der Waals surface area contributed by atoms with Crippen LogP contribution in [0.3, 0.4) is 0 Å². The first-order valence-corrected chi connectivity index (χ1v) is 7.92. The lowest BCUT2D eigenvalue weighted by Gasteiger charge is -2.25. The second-order valence-corrected chi connectivity index (χ2v) is 7.90. The van der Waals surface area contributed by atoms with Gasteiger partial charge in [0.2, 0.25) is 0 Å². The van der Waals surface area contributed by atoms with Gasteiger partial charge >= 0.3 is 0 Å². The first kappa shape index (κ1) is 13.6. The van der Waals surface area contributed by atoms with Crippen LogP contribution in [0.4, 0.5) is 0 Å². The Labute approximate surface area is 110 Å². The van der Waals surface area contributed by atoms with Crippen LogP contribution in [0.5, 0.6) is 0 Å². The van der Waals surface area contributed by atoms with E-state index in [0.717, 1.165) is 19.3 Å². The van der Waals surface area contributed by atoms with Crippen molar-refractivity contribution in [3.8, 4) is 0 Å². The molecule has 1 aliphatic rings. The summed E-state index contributed by atoms with van der Waals surface area (Å²) in [6.45, 7) is 3.39. The number of fused-ring (bicyclic) bond motifs is 1. The highest BCUT2D eigenvalue weighted by atomic mass is 32.2. The molecule has 0 aliphatic heterocycles. The van der Waals surface area contributed by atoms with Crippen molar-refractivity contribution in [3.63, 3.8) is 0 Å². The highest BCUT2D eigenvalue weighted by Crippen LogP contribution is 2.28. The molecule has 1 aromatic rings. The molecule has 0 atom stereocenters. The van der Waals surface area contributed by atoms with Gasteiger partial charge in [0, 0.05) is 0 Å². The van der Waals surface area contributed by atoms with E-state index >= 15 is 0 Å². The Hall–Kier alpha value is -0.870. The third-order valence-corrected chi connectivity index (χ3v) is 6.33. The fraction of sp³-hybridized carbons (Fsp3) is 0.571. The number of benzene rings is 1. The van der Waals surface area contributed by atoms with E-state index in [4.69, 9.17) is 0 Å². The van der Waals surface area contributed by atoms with Gasteiger partial charge in [-0.05, 0) is 69.8 Å². The molecule has 1 aromatic carbocycles. The van der Waals surface area contributed by atoms with Crippen LogP contribution in [-0.4, -0.2) is 20.3 Å². The topological polar surface area (TPSA) is 46.2 Å². The molecule has 18 heavy (non-hydrogen) atoms. The number of hydrogen-bond acceptors (Lipinski definition) is 3. The van der Waals surface area contributed by atoms with Gasteiger partial charge in [-0.1, -0.05) is 6.07 Å². The fourth-order valence-electron chi connectivity index (χ4n) is 2.31. The third-order valence-electron chi connectivity index (χ3n) is 3.90. The molecule has 0 aromatic heterocycles. The smallest absolute Gasteiger partial charge is 0.196 e. The third kappa shape index (κ3) is 2.19. The minimum Gasteiger partial charge on any atom is -0.302 e. The van der Waals surface area contributed by atoms with Gasteiger partial charge in [0.05, 0.1) is 4.90 Å². The van der Waals surface area contributed by atoms with E-state index < -0.39 is 14.7 Å². The van der Waals surface area contributed by atoms with Crippen molar-refractivity contribution in [3.05, 3.63) is 29.3 Å². The van der Waals surface area contributed by atoms with Gasteiger partial charge in [0.1, 0.15) is 4.87 Å². The summed E-state index contributed by atoms with van der Waals surface area (Å²) < 4.78 is 25.0. The van der Waals surface area contributed by atoms with E-state index in [1.165, 1.54) is 17.5 Å². The van der Waals surface area contributed by atoms with E-state index in [1.54, 1.807) is 27.0 Å². The molecule has 3 nitrogen and oxygen atoms in total. The first-order chi connectivity index (χ1) is 8.38. The molecule has 1 aliphatic carbocycles. The SMILES string of the molecule is CNC(C)(C)S(=O)(=O)c1ccc2c(c1)CCCC2. The molecule has 0 unspecified atom stereocenters. The summed E-state index contributed by atoms with van der Waals surface area (Å²) in [5.74, 6) is 0. The molecule has 0 spiro atoms. The summed E-state index contributed by atoms with van der Waals surface area (Å²) in [5, 5.41) is 2.87. The molecule has 0 radical (unpaired) electrons. The highest BCUT2D eigenvalue weighted by Gasteiger charge is 2.34. The average molecular weight is 267 g/mol. The standard InChI is InChI=1S/C14H21NO2S/c1-14(2,15-3)18(16,17)13-9-8-11-6-4-5-7-12(11)10-13/h8-10,15H,4-7H2,1-3H3. The van der Waals surface area contributed by atoms with E-state index in [2.05, 4.69) is 5.32 Å². The van der Waals surface area contributed by atoms with Crippen LogP contribution in [-0.2, 0) is 22.7 Å². The second-order valence-electron chi connectivity index (χ2n) is 5.40. The summed E-state index contributed by atoms with van der Waals surface area (Å²) >= 11 is 0. The number of nitrogens with one attached hydrogen (secondary N) is 1. The van der Waals surface area contributed by atoms with Crippen LogP contribution in [0.1, 0.15) is 37.8 Å². The van der Waals surface area contributed by atoms with Crippen molar-refractivity contribution in [2.45, 2.75) is 49.3 Å². The molecule has 100 valence electrons.